The summed E-state index contributed by atoms with van der Waals surface area (Å²) in [5.74, 6) is 0. The van der Waals surface area contributed by atoms with Gasteiger partial charge in [0.1, 0.15) is 0 Å². The second kappa shape index (κ2) is 5.09. The van der Waals surface area contributed by atoms with Gasteiger partial charge in [-0.2, -0.15) is 0 Å². The van der Waals surface area contributed by atoms with Crippen LogP contribution in [0, 0.1) is 0 Å². The average molecular weight is 252 g/mol. The number of hydrogen-bond donors (Lipinski definition) is 1. The lowest BCUT2D eigenvalue weighted by atomic mass is 10.1. The van der Waals surface area contributed by atoms with Gasteiger partial charge in [0, 0.05) is 23.2 Å². The Kier molecular flexibility index (Phi) is 3.74. The van der Waals surface area contributed by atoms with E-state index >= 15 is 0 Å². The second-order valence-electron chi connectivity index (χ2n) is 3.88. The SMILES string of the molecule is Cl.c1ccc2c(SC3CNC3)cccc2c1. The highest BCUT2D eigenvalue weighted by Crippen LogP contribution is 2.31. The number of benzene rings is 2. The third kappa shape index (κ3) is 2.19. The Balaban J connectivity index is 0.000000963. The van der Waals surface area contributed by atoms with E-state index < -0.39 is 0 Å². The fourth-order valence-corrected chi connectivity index (χ4v) is 3.06. The van der Waals surface area contributed by atoms with E-state index in [0.29, 0.717) is 0 Å². The number of rotatable bonds is 2. The van der Waals surface area contributed by atoms with Crippen LogP contribution in [0.4, 0.5) is 0 Å². The molecule has 0 unspecified atom stereocenters. The number of fused-ring (bicyclic) bond motifs is 1. The van der Waals surface area contributed by atoms with E-state index in [4.69, 9.17) is 0 Å². The van der Waals surface area contributed by atoms with Crippen molar-refractivity contribution in [3.05, 3.63) is 42.5 Å². The van der Waals surface area contributed by atoms with Crippen molar-refractivity contribution in [1.29, 1.82) is 0 Å². The zero-order chi connectivity index (χ0) is 10.1. The molecule has 1 aliphatic rings. The van der Waals surface area contributed by atoms with Crippen LogP contribution < -0.4 is 5.32 Å². The van der Waals surface area contributed by atoms with Crippen LogP contribution in [0.3, 0.4) is 0 Å². The molecule has 3 rings (SSSR count). The Bertz CT molecular complexity index is 477. The Morgan fingerprint density at radius 1 is 1.00 bits per heavy atom. The highest BCUT2D eigenvalue weighted by atomic mass is 35.5. The van der Waals surface area contributed by atoms with Gasteiger partial charge in [-0.1, -0.05) is 36.4 Å². The molecular formula is C13H14ClNS. The van der Waals surface area contributed by atoms with Gasteiger partial charge in [0.05, 0.1) is 0 Å². The maximum atomic E-state index is 3.31. The van der Waals surface area contributed by atoms with Gasteiger partial charge in [0.25, 0.3) is 0 Å². The summed E-state index contributed by atoms with van der Waals surface area (Å²) in [6.45, 7) is 2.29. The zero-order valence-corrected chi connectivity index (χ0v) is 10.5. The molecule has 1 heterocycles. The first-order valence-corrected chi connectivity index (χ1v) is 6.16. The van der Waals surface area contributed by atoms with E-state index in [2.05, 4.69) is 47.8 Å². The smallest absolute Gasteiger partial charge is 0.0344 e. The van der Waals surface area contributed by atoms with Crippen LogP contribution in [0.1, 0.15) is 0 Å². The molecule has 2 aromatic rings. The largest absolute Gasteiger partial charge is 0.314 e. The molecule has 16 heavy (non-hydrogen) atoms. The molecule has 0 spiro atoms. The minimum atomic E-state index is 0. The molecule has 0 amide bonds. The highest BCUT2D eigenvalue weighted by Gasteiger charge is 2.18. The van der Waals surface area contributed by atoms with Gasteiger partial charge in [0.2, 0.25) is 0 Å². The van der Waals surface area contributed by atoms with Crippen LogP contribution in [0.5, 0.6) is 0 Å². The van der Waals surface area contributed by atoms with Crippen molar-refractivity contribution in [3.63, 3.8) is 0 Å². The van der Waals surface area contributed by atoms with Crippen LogP contribution in [-0.4, -0.2) is 18.3 Å². The Morgan fingerprint density at radius 2 is 1.75 bits per heavy atom. The first-order chi connectivity index (χ1) is 7.43. The number of halogens is 1. The number of thioether (sulfide) groups is 1. The van der Waals surface area contributed by atoms with Crippen molar-refractivity contribution < 1.29 is 0 Å². The average Bonchev–Trinajstić information content (AvgIpc) is 2.23. The predicted molar refractivity (Wildman–Crippen MR) is 73.7 cm³/mol. The third-order valence-electron chi connectivity index (χ3n) is 2.79. The third-order valence-corrected chi connectivity index (χ3v) is 4.06. The van der Waals surface area contributed by atoms with Gasteiger partial charge in [-0.25, -0.2) is 0 Å². The summed E-state index contributed by atoms with van der Waals surface area (Å²) in [7, 11) is 0. The molecule has 84 valence electrons. The summed E-state index contributed by atoms with van der Waals surface area (Å²) in [6.07, 6.45) is 0. The molecule has 0 aliphatic carbocycles. The fraction of sp³-hybridized carbons (Fsp3) is 0.231. The standard InChI is InChI=1S/C13H13NS.ClH/c1-2-6-12-10(4-1)5-3-7-13(12)15-11-8-14-9-11;/h1-7,11,14H,8-9H2;1H. The van der Waals surface area contributed by atoms with Gasteiger partial charge in [-0.3, -0.25) is 0 Å². The van der Waals surface area contributed by atoms with Gasteiger partial charge in [-0.05, 0) is 16.8 Å². The Morgan fingerprint density at radius 3 is 2.50 bits per heavy atom. The van der Waals surface area contributed by atoms with Crippen LogP contribution in [0.2, 0.25) is 0 Å². The Labute approximate surface area is 106 Å². The van der Waals surface area contributed by atoms with Crippen LogP contribution in [0.15, 0.2) is 47.4 Å². The van der Waals surface area contributed by atoms with Crippen molar-refractivity contribution in [2.45, 2.75) is 10.1 Å². The molecule has 2 aromatic carbocycles. The topological polar surface area (TPSA) is 12.0 Å². The number of hydrogen-bond acceptors (Lipinski definition) is 2. The van der Waals surface area contributed by atoms with Crippen molar-refractivity contribution >= 4 is 34.9 Å². The molecule has 1 N–H and O–H groups in total. The zero-order valence-electron chi connectivity index (χ0n) is 8.85. The van der Waals surface area contributed by atoms with E-state index in [1.807, 2.05) is 11.8 Å². The fourth-order valence-electron chi connectivity index (χ4n) is 1.82. The lowest BCUT2D eigenvalue weighted by Crippen LogP contribution is -2.44. The van der Waals surface area contributed by atoms with Crippen molar-refractivity contribution in [3.8, 4) is 0 Å². The van der Waals surface area contributed by atoms with Gasteiger partial charge in [0.15, 0.2) is 0 Å². The maximum absolute atomic E-state index is 3.31. The summed E-state index contributed by atoms with van der Waals surface area (Å²) in [5.41, 5.74) is 0. The molecule has 0 aromatic heterocycles. The van der Waals surface area contributed by atoms with E-state index in [0.717, 1.165) is 18.3 Å². The van der Waals surface area contributed by atoms with E-state index in [1.54, 1.807) is 0 Å². The van der Waals surface area contributed by atoms with Crippen LogP contribution in [-0.2, 0) is 0 Å². The van der Waals surface area contributed by atoms with E-state index in [-0.39, 0.29) is 12.4 Å². The first kappa shape index (κ1) is 11.8. The summed E-state index contributed by atoms with van der Waals surface area (Å²) in [5, 5.41) is 6.80. The van der Waals surface area contributed by atoms with Crippen molar-refractivity contribution in [2.24, 2.45) is 0 Å². The lowest BCUT2D eigenvalue weighted by Gasteiger charge is -2.26. The summed E-state index contributed by atoms with van der Waals surface area (Å²) in [4.78, 5) is 1.42. The molecule has 1 nitrogen and oxygen atoms in total. The summed E-state index contributed by atoms with van der Waals surface area (Å²) < 4.78 is 0. The Hall–Kier alpha value is -0.700. The quantitative estimate of drug-likeness (QED) is 0.879. The van der Waals surface area contributed by atoms with Gasteiger partial charge >= 0.3 is 0 Å². The normalized spacial score (nSPS) is 15.5. The molecule has 1 fully saturated rings. The molecule has 0 bridgehead atoms. The monoisotopic (exact) mass is 251 g/mol. The molecule has 0 atom stereocenters. The van der Waals surface area contributed by atoms with E-state index in [9.17, 15) is 0 Å². The summed E-state index contributed by atoms with van der Waals surface area (Å²) in [6, 6.07) is 15.2. The lowest BCUT2D eigenvalue weighted by molar-refractivity contribution is 0.544. The minimum absolute atomic E-state index is 0. The van der Waals surface area contributed by atoms with Crippen LogP contribution >= 0.6 is 24.2 Å². The highest BCUT2D eigenvalue weighted by molar-refractivity contribution is 8.00. The molecule has 0 saturated carbocycles. The molecule has 1 saturated heterocycles. The predicted octanol–water partition coefficient (Wildman–Crippen LogP) is 3.33. The number of nitrogens with one attached hydrogen (secondary N) is 1. The van der Waals surface area contributed by atoms with E-state index in [1.165, 1.54) is 15.7 Å². The molecule has 0 radical (unpaired) electrons. The van der Waals surface area contributed by atoms with Crippen molar-refractivity contribution in [1.82, 2.24) is 5.32 Å². The summed E-state index contributed by atoms with van der Waals surface area (Å²) >= 11 is 2.00. The van der Waals surface area contributed by atoms with Crippen molar-refractivity contribution in [2.75, 3.05) is 13.1 Å². The second-order valence-corrected chi connectivity index (χ2v) is 5.22. The first-order valence-electron chi connectivity index (χ1n) is 5.28. The molecule has 3 heteroatoms. The maximum Gasteiger partial charge on any atom is 0.0344 e. The molecule has 1 aliphatic heterocycles. The minimum Gasteiger partial charge on any atom is -0.314 e. The molecular weight excluding hydrogens is 238 g/mol. The van der Waals surface area contributed by atoms with Crippen LogP contribution in [0.25, 0.3) is 10.8 Å². The van der Waals surface area contributed by atoms with Gasteiger partial charge < -0.3 is 5.32 Å². The van der Waals surface area contributed by atoms with Gasteiger partial charge in [-0.15, -0.1) is 24.2 Å².